The summed E-state index contributed by atoms with van der Waals surface area (Å²) in [5, 5.41) is 12.3. The molecular weight excluding hydrogens is 322 g/mol. The van der Waals surface area contributed by atoms with E-state index in [1.807, 2.05) is 14.0 Å². The van der Waals surface area contributed by atoms with Crippen molar-refractivity contribution in [3.8, 4) is 0 Å². The molecule has 2 rings (SSSR count). The molecule has 5 heteroatoms. The molecule has 0 saturated carbocycles. The fraction of sp³-hybridized carbons (Fsp3) is 0.500. The Hall–Kier alpha value is -0.650. The van der Waals surface area contributed by atoms with Gasteiger partial charge in [0.25, 0.3) is 0 Å². The Balaban J connectivity index is 2.14. The lowest BCUT2D eigenvalue weighted by atomic mass is 10.0. The van der Waals surface area contributed by atoms with Crippen LogP contribution in [0.3, 0.4) is 0 Å². The molecule has 104 valence electrons. The van der Waals surface area contributed by atoms with Gasteiger partial charge < -0.3 is 5.32 Å². The maximum atomic E-state index is 4.56. The van der Waals surface area contributed by atoms with Crippen LogP contribution < -0.4 is 5.32 Å². The van der Waals surface area contributed by atoms with Crippen LogP contribution in [-0.4, -0.2) is 22.9 Å². The average Bonchev–Trinajstić information content (AvgIpc) is 3.01. The van der Waals surface area contributed by atoms with E-state index in [0.717, 1.165) is 29.6 Å². The zero-order valence-corrected chi connectivity index (χ0v) is 14.0. The Morgan fingerprint density at radius 2 is 2.26 bits per heavy atom. The SMILES string of the molecule is CCn1nc(C)c(Br)c1CC(Cc1ccsc1)NC. The minimum absolute atomic E-state index is 0.437. The molecule has 0 radical (unpaired) electrons. The van der Waals surface area contributed by atoms with Crippen molar-refractivity contribution in [2.24, 2.45) is 0 Å². The Morgan fingerprint density at radius 1 is 1.47 bits per heavy atom. The van der Waals surface area contributed by atoms with E-state index in [9.17, 15) is 0 Å². The standard InChI is InChI=1S/C14H20BrN3S/c1-4-18-13(14(15)10(2)17-18)8-12(16-3)7-11-5-6-19-9-11/h5-6,9,12,16H,4,7-8H2,1-3H3. The molecule has 0 spiro atoms. The van der Waals surface area contributed by atoms with Gasteiger partial charge in [0.15, 0.2) is 0 Å². The van der Waals surface area contributed by atoms with Gasteiger partial charge in [0, 0.05) is 19.0 Å². The predicted octanol–water partition coefficient (Wildman–Crippen LogP) is 3.41. The van der Waals surface area contributed by atoms with E-state index < -0.39 is 0 Å². The van der Waals surface area contributed by atoms with Crippen molar-refractivity contribution in [1.29, 1.82) is 0 Å². The largest absolute Gasteiger partial charge is 0.316 e. The second-order valence-electron chi connectivity index (χ2n) is 4.69. The quantitative estimate of drug-likeness (QED) is 0.872. The highest BCUT2D eigenvalue weighted by atomic mass is 79.9. The summed E-state index contributed by atoms with van der Waals surface area (Å²) in [5.74, 6) is 0. The number of aryl methyl sites for hydroxylation is 2. The summed E-state index contributed by atoms with van der Waals surface area (Å²) >= 11 is 5.43. The van der Waals surface area contributed by atoms with Crippen molar-refractivity contribution in [3.05, 3.63) is 38.3 Å². The van der Waals surface area contributed by atoms with Crippen molar-refractivity contribution >= 4 is 27.3 Å². The summed E-state index contributed by atoms with van der Waals surface area (Å²) in [6.45, 7) is 5.10. The number of likely N-dealkylation sites (N-methyl/N-ethyl adjacent to an activating group) is 1. The Kier molecular flexibility index (Phi) is 5.19. The number of hydrogen-bond donors (Lipinski definition) is 1. The minimum Gasteiger partial charge on any atom is -0.316 e. The molecule has 2 aromatic rings. The first kappa shape index (κ1) is 14.8. The number of aromatic nitrogens is 2. The number of hydrogen-bond acceptors (Lipinski definition) is 3. The number of nitrogens with zero attached hydrogens (tertiary/aromatic N) is 2. The zero-order valence-electron chi connectivity index (χ0n) is 11.6. The van der Waals surface area contributed by atoms with Crippen molar-refractivity contribution in [2.45, 2.75) is 39.3 Å². The van der Waals surface area contributed by atoms with Crippen molar-refractivity contribution < 1.29 is 0 Å². The molecule has 2 aromatic heterocycles. The fourth-order valence-corrected chi connectivity index (χ4v) is 3.39. The molecule has 0 aliphatic rings. The molecule has 0 aliphatic heterocycles. The molecule has 0 saturated heterocycles. The van der Waals surface area contributed by atoms with Gasteiger partial charge in [-0.05, 0) is 65.6 Å². The van der Waals surface area contributed by atoms with Crippen molar-refractivity contribution in [1.82, 2.24) is 15.1 Å². The topological polar surface area (TPSA) is 29.9 Å². The number of rotatable bonds is 6. The lowest BCUT2D eigenvalue weighted by molar-refractivity contribution is 0.519. The van der Waals surface area contributed by atoms with Crippen LogP contribution in [0.15, 0.2) is 21.3 Å². The third kappa shape index (κ3) is 3.46. The van der Waals surface area contributed by atoms with E-state index in [0.29, 0.717) is 6.04 Å². The molecular formula is C14H20BrN3S. The molecule has 1 N–H and O–H groups in total. The van der Waals surface area contributed by atoms with Crippen LogP contribution in [0.25, 0.3) is 0 Å². The van der Waals surface area contributed by atoms with Crippen LogP contribution in [0, 0.1) is 6.92 Å². The highest BCUT2D eigenvalue weighted by Gasteiger charge is 2.17. The Bertz CT molecular complexity index is 519. The van der Waals surface area contributed by atoms with Gasteiger partial charge in [-0.15, -0.1) is 0 Å². The molecule has 0 aromatic carbocycles. The highest BCUT2D eigenvalue weighted by Crippen LogP contribution is 2.23. The van der Waals surface area contributed by atoms with E-state index in [1.54, 1.807) is 11.3 Å². The van der Waals surface area contributed by atoms with E-state index in [-0.39, 0.29) is 0 Å². The van der Waals surface area contributed by atoms with E-state index in [2.05, 4.69) is 54.8 Å². The highest BCUT2D eigenvalue weighted by molar-refractivity contribution is 9.10. The maximum absolute atomic E-state index is 4.56. The molecule has 3 nitrogen and oxygen atoms in total. The molecule has 1 unspecified atom stereocenters. The van der Waals surface area contributed by atoms with Crippen molar-refractivity contribution in [2.75, 3.05) is 7.05 Å². The second-order valence-corrected chi connectivity index (χ2v) is 6.26. The summed E-state index contributed by atoms with van der Waals surface area (Å²) in [7, 11) is 2.03. The molecule has 2 heterocycles. The molecule has 1 atom stereocenters. The summed E-state index contributed by atoms with van der Waals surface area (Å²) < 4.78 is 3.25. The first-order valence-corrected chi connectivity index (χ1v) is 8.29. The smallest absolute Gasteiger partial charge is 0.0738 e. The van der Waals surface area contributed by atoms with Gasteiger partial charge in [-0.1, -0.05) is 0 Å². The van der Waals surface area contributed by atoms with Gasteiger partial charge >= 0.3 is 0 Å². The lowest BCUT2D eigenvalue weighted by Crippen LogP contribution is -2.30. The summed E-state index contributed by atoms with van der Waals surface area (Å²) in [6, 6.07) is 2.64. The Labute approximate surface area is 127 Å². The average molecular weight is 342 g/mol. The van der Waals surface area contributed by atoms with Crippen LogP contribution in [0.4, 0.5) is 0 Å². The van der Waals surface area contributed by atoms with Gasteiger partial charge in [0.05, 0.1) is 15.9 Å². The maximum Gasteiger partial charge on any atom is 0.0738 e. The lowest BCUT2D eigenvalue weighted by Gasteiger charge is -2.16. The first-order valence-electron chi connectivity index (χ1n) is 6.55. The molecule has 0 bridgehead atoms. The zero-order chi connectivity index (χ0) is 13.8. The van der Waals surface area contributed by atoms with Crippen LogP contribution in [0.5, 0.6) is 0 Å². The summed E-state index contributed by atoms with van der Waals surface area (Å²) in [5.41, 5.74) is 3.76. The molecule has 19 heavy (non-hydrogen) atoms. The van der Waals surface area contributed by atoms with Gasteiger partial charge in [0.1, 0.15) is 0 Å². The van der Waals surface area contributed by atoms with Gasteiger partial charge in [-0.25, -0.2) is 0 Å². The molecule has 0 aliphatic carbocycles. The van der Waals surface area contributed by atoms with E-state index >= 15 is 0 Å². The van der Waals surface area contributed by atoms with Crippen LogP contribution in [-0.2, 0) is 19.4 Å². The number of thiophene rings is 1. The molecule has 0 amide bonds. The second kappa shape index (κ2) is 6.68. The minimum atomic E-state index is 0.437. The third-order valence-electron chi connectivity index (χ3n) is 3.36. The molecule has 0 fully saturated rings. The van der Waals surface area contributed by atoms with E-state index in [1.165, 1.54) is 11.3 Å². The van der Waals surface area contributed by atoms with Crippen molar-refractivity contribution in [3.63, 3.8) is 0 Å². The van der Waals surface area contributed by atoms with Crippen LogP contribution >= 0.6 is 27.3 Å². The monoisotopic (exact) mass is 341 g/mol. The van der Waals surface area contributed by atoms with E-state index in [4.69, 9.17) is 0 Å². The number of nitrogens with one attached hydrogen (secondary N) is 1. The normalized spacial score (nSPS) is 12.8. The first-order chi connectivity index (χ1) is 9.15. The third-order valence-corrected chi connectivity index (χ3v) is 5.13. The van der Waals surface area contributed by atoms with Gasteiger partial charge in [-0.2, -0.15) is 16.4 Å². The fourth-order valence-electron chi connectivity index (χ4n) is 2.27. The summed E-state index contributed by atoms with van der Waals surface area (Å²) in [6.07, 6.45) is 2.04. The van der Waals surface area contributed by atoms with Crippen LogP contribution in [0.1, 0.15) is 23.9 Å². The Morgan fingerprint density at radius 3 is 2.84 bits per heavy atom. The summed E-state index contributed by atoms with van der Waals surface area (Å²) in [4.78, 5) is 0. The predicted molar refractivity (Wildman–Crippen MR) is 84.9 cm³/mol. The number of halogens is 1. The van der Waals surface area contributed by atoms with Gasteiger partial charge in [0.2, 0.25) is 0 Å². The van der Waals surface area contributed by atoms with Gasteiger partial charge in [-0.3, -0.25) is 4.68 Å². The van der Waals surface area contributed by atoms with Crippen LogP contribution in [0.2, 0.25) is 0 Å².